The molecule has 3 nitrogen and oxygen atoms in total. The van der Waals surface area contributed by atoms with Crippen molar-refractivity contribution in [3.8, 4) is 0 Å². The molecule has 1 atom stereocenters. The van der Waals surface area contributed by atoms with Gasteiger partial charge in [-0.05, 0) is 19.5 Å². The Bertz CT molecular complexity index is 94.5. The first-order valence-electron chi connectivity index (χ1n) is 4.62. The van der Waals surface area contributed by atoms with Crippen LogP contribution in [-0.4, -0.2) is 45.3 Å². The summed E-state index contributed by atoms with van der Waals surface area (Å²) in [5, 5.41) is 0. The zero-order chi connectivity index (χ0) is 9.40. The van der Waals surface area contributed by atoms with Gasteiger partial charge < -0.3 is 15.4 Å². The lowest BCUT2D eigenvalue weighted by Crippen LogP contribution is -2.31. The van der Waals surface area contributed by atoms with E-state index in [1.807, 2.05) is 0 Å². The maximum atomic E-state index is 5.60. The van der Waals surface area contributed by atoms with E-state index in [-0.39, 0.29) is 0 Å². The molecule has 3 heteroatoms. The minimum absolute atomic E-state index is 0.631. The molecule has 0 aromatic heterocycles. The Morgan fingerprint density at radius 1 is 1.50 bits per heavy atom. The van der Waals surface area contributed by atoms with Crippen LogP contribution in [0.3, 0.4) is 0 Å². The van der Waals surface area contributed by atoms with Crippen LogP contribution in [0.25, 0.3) is 0 Å². The average molecular weight is 174 g/mol. The number of ether oxygens (including phenoxy) is 1. The van der Waals surface area contributed by atoms with Crippen molar-refractivity contribution >= 4 is 0 Å². The molecule has 12 heavy (non-hydrogen) atoms. The number of likely N-dealkylation sites (N-methyl/N-ethyl adjacent to an activating group) is 1. The molecule has 0 spiro atoms. The summed E-state index contributed by atoms with van der Waals surface area (Å²) in [4.78, 5) is 2.27. The van der Waals surface area contributed by atoms with E-state index in [1.54, 1.807) is 7.11 Å². The first-order valence-corrected chi connectivity index (χ1v) is 4.62. The van der Waals surface area contributed by atoms with Gasteiger partial charge in [0, 0.05) is 20.2 Å². The molecule has 0 aliphatic heterocycles. The van der Waals surface area contributed by atoms with Crippen LogP contribution >= 0.6 is 0 Å². The highest BCUT2D eigenvalue weighted by Gasteiger charge is 2.06. The number of methoxy groups -OCH3 is 1. The van der Waals surface area contributed by atoms with Crippen LogP contribution in [0.15, 0.2) is 0 Å². The molecule has 74 valence electrons. The Morgan fingerprint density at radius 2 is 2.17 bits per heavy atom. The van der Waals surface area contributed by atoms with Gasteiger partial charge in [-0.3, -0.25) is 0 Å². The van der Waals surface area contributed by atoms with Gasteiger partial charge in [-0.15, -0.1) is 0 Å². The van der Waals surface area contributed by atoms with Crippen LogP contribution in [0, 0.1) is 5.92 Å². The monoisotopic (exact) mass is 174 g/mol. The molecule has 2 N–H and O–H groups in total. The first kappa shape index (κ1) is 11.9. The Balaban J connectivity index is 3.44. The number of rotatable bonds is 7. The lowest BCUT2D eigenvalue weighted by atomic mass is 10.1. The summed E-state index contributed by atoms with van der Waals surface area (Å²) in [5.74, 6) is 0.631. The first-order chi connectivity index (χ1) is 5.74. The molecular weight excluding hydrogens is 152 g/mol. The van der Waals surface area contributed by atoms with Crippen molar-refractivity contribution in [2.45, 2.75) is 13.3 Å². The minimum Gasteiger partial charge on any atom is -0.383 e. The highest BCUT2D eigenvalue weighted by Crippen LogP contribution is 2.01. The molecule has 0 saturated carbocycles. The predicted molar refractivity (Wildman–Crippen MR) is 52.2 cm³/mol. The second-order valence-electron chi connectivity index (χ2n) is 3.27. The van der Waals surface area contributed by atoms with Crippen LogP contribution in [0.5, 0.6) is 0 Å². The summed E-state index contributed by atoms with van der Waals surface area (Å²) < 4.78 is 4.99. The number of hydrogen-bond acceptors (Lipinski definition) is 3. The molecule has 0 bridgehead atoms. The standard InChI is InChI=1S/C9H22N2O/c1-4-9(7-10)8-11(2)5-6-12-3/h9H,4-8,10H2,1-3H3. The SMILES string of the molecule is CCC(CN)CN(C)CCOC. The van der Waals surface area contributed by atoms with Gasteiger partial charge in [0.15, 0.2) is 0 Å². The summed E-state index contributed by atoms with van der Waals surface area (Å²) in [5.41, 5.74) is 5.60. The van der Waals surface area contributed by atoms with Crippen molar-refractivity contribution in [1.82, 2.24) is 4.90 Å². The quantitative estimate of drug-likeness (QED) is 0.612. The number of nitrogens with two attached hydrogens (primary N) is 1. The van der Waals surface area contributed by atoms with Crippen LogP contribution in [-0.2, 0) is 4.74 Å². The van der Waals surface area contributed by atoms with Gasteiger partial charge in [-0.1, -0.05) is 13.3 Å². The van der Waals surface area contributed by atoms with E-state index in [1.165, 1.54) is 0 Å². The molecular formula is C9H22N2O. The molecule has 0 amide bonds. The highest BCUT2D eigenvalue weighted by atomic mass is 16.5. The Labute approximate surface area is 75.9 Å². The molecule has 0 radical (unpaired) electrons. The van der Waals surface area contributed by atoms with Crippen LogP contribution in [0.4, 0.5) is 0 Å². The largest absolute Gasteiger partial charge is 0.383 e. The minimum atomic E-state index is 0.631. The van der Waals surface area contributed by atoms with Crippen LogP contribution in [0.2, 0.25) is 0 Å². The molecule has 0 fully saturated rings. The third kappa shape index (κ3) is 5.52. The molecule has 0 heterocycles. The van der Waals surface area contributed by atoms with E-state index in [0.29, 0.717) is 5.92 Å². The van der Waals surface area contributed by atoms with Gasteiger partial charge >= 0.3 is 0 Å². The topological polar surface area (TPSA) is 38.5 Å². The van der Waals surface area contributed by atoms with Gasteiger partial charge in [0.25, 0.3) is 0 Å². The van der Waals surface area contributed by atoms with Crippen molar-refractivity contribution in [3.05, 3.63) is 0 Å². The third-order valence-corrected chi connectivity index (χ3v) is 2.16. The second-order valence-corrected chi connectivity index (χ2v) is 3.27. The number of hydrogen-bond donors (Lipinski definition) is 1. The fraction of sp³-hybridized carbons (Fsp3) is 1.00. The fourth-order valence-corrected chi connectivity index (χ4v) is 1.15. The summed E-state index contributed by atoms with van der Waals surface area (Å²) in [6.07, 6.45) is 1.16. The van der Waals surface area contributed by atoms with Gasteiger partial charge in [-0.2, -0.15) is 0 Å². The maximum Gasteiger partial charge on any atom is 0.0589 e. The third-order valence-electron chi connectivity index (χ3n) is 2.16. The smallest absolute Gasteiger partial charge is 0.0589 e. The van der Waals surface area contributed by atoms with Crippen molar-refractivity contribution in [3.63, 3.8) is 0 Å². The van der Waals surface area contributed by atoms with Crippen molar-refractivity contribution in [1.29, 1.82) is 0 Å². The molecule has 0 rings (SSSR count). The number of nitrogens with zero attached hydrogens (tertiary/aromatic N) is 1. The molecule has 0 aliphatic carbocycles. The van der Waals surface area contributed by atoms with E-state index in [0.717, 1.165) is 32.7 Å². The highest BCUT2D eigenvalue weighted by molar-refractivity contribution is 4.62. The van der Waals surface area contributed by atoms with Crippen molar-refractivity contribution in [2.75, 3.05) is 40.4 Å². The Hall–Kier alpha value is -0.120. The normalized spacial score (nSPS) is 13.8. The zero-order valence-electron chi connectivity index (χ0n) is 8.55. The van der Waals surface area contributed by atoms with E-state index in [4.69, 9.17) is 10.5 Å². The second kappa shape index (κ2) is 7.53. The zero-order valence-corrected chi connectivity index (χ0v) is 8.55. The van der Waals surface area contributed by atoms with Gasteiger partial charge in [0.2, 0.25) is 0 Å². The summed E-state index contributed by atoms with van der Waals surface area (Å²) in [6.45, 7) is 5.84. The van der Waals surface area contributed by atoms with E-state index < -0.39 is 0 Å². The fourth-order valence-electron chi connectivity index (χ4n) is 1.15. The van der Waals surface area contributed by atoms with Gasteiger partial charge in [0.05, 0.1) is 6.61 Å². The lowest BCUT2D eigenvalue weighted by Gasteiger charge is -2.21. The van der Waals surface area contributed by atoms with E-state index in [9.17, 15) is 0 Å². The summed E-state index contributed by atoms with van der Waals surface area (Å²) in [7, 11) is 3.84. The van der Waals surface area contributed by atoms with Crippen molar-refractivity contribution in [2.24, 2.45) is 11.7 Å². The Kier molecular flexibility index (Phi) is 7.45. The Morgan fingerprint density at radius 3 is 2.58 bits per heavy atom. The molecule has 0 aromatic rings. The van der Waals surface area contributed by atoms with Crippen LogP contribution < -0.4 is 5.73 Å². The molecule has 0 aliphatic rings. The molecule has 1 unspecified atom stereocenters. The molecule has 0 aromatic carbocycles. The summed E-state index contributed by atoms with van der Waals surface area (Å²) in [6, 6.07) is 0. The van der Waals surface area contributed by atoms with Gasteiger partial charge in [0.1, 0.15) is 0 Å². The molecule has 0 saturated heterocycles. The average Bonchev–Trinajstić information content (AvgIpc) is 2.10. The maximum absolute atomic E-state index is 5.60. The van der Waals surface area contributed by atoms with E-state index in [2.05, 4.69) is 18.9 Å². The van der Waals surface area contributed by atoms with Crippen molar-refractivity contribution < 1.29 is 4.74 Å². The summed E-state index contributed by atoms with van der Waals surface area (Å²) >= 11 is 0. The van der Waals surface area contributed by atoms with E-state index >= 15 is 0 Å². The van der Waals surface area contributed by atoms with Crippen LogP contribution in [0.1, 0.15) is 13.3 Å². The predicted octanol–water partition coefficient (Wildman–Crippen LogP) is 0.550. The lowest BCUT2D eigenvalue weighted by molar-refractivity contribution is 0.152. The van der Waals surface area contributed by atoms with Gasteiger partial charge in [-0.25, -0.2) is 0 Å².